The number of hydrazone groups is 1. The van der Waals surface area contributed by atoms with E-state index in [1.165, 1.54) is 0 Å². The van der Waals surface area contributed by atoms with Gasteiger partial charge in [-0.15, -0.1) is 0 Å². The number of rotatable bonds is 7. The largest absolute Gasteiger partial charge is 0.490 e. The number of amides is 1. The Hall–Kier alpha value is -3.28. The summed E-state index contributed by atoms with van der Waals surface area (Å²) in [5, 5.41) is 4.85. The van der Waals surface area contributed by atoms with E-state index in [0.717, 1.165) is 10.9 Å². The summed E-state index contributed by atoms with van der Waals surface area (Å²) in [5.74, 6) is 1.12. The summed E-state index contributed by atoms with van der Waals surface area (Å²) in [6.45, 7) is 4.91. The summed E-state index contributed by atoms with van der Waals surface area (Å²) < 4.78 is 16.6. The molecule has 0 unspecified atom stereocenters. The zero-order chi connectivity index (χ0) is 18.4. The molecule has 3 rings (SSSR count). The molecule has 0 aliphatic rings. The van der Waals surface area contributed by atoms with Crippen molar-refractivity contribution in [2.24, 2.45) is 5.10 Å². The molecule has 0 aliphatic carbocycles. The number of para-hydroxylation sites is 1. The molecule has 26 heavy (non-hydrogen) atoms. The number of hydrogen-bond acceptors (Lipinski definition) is 5. The van der Waals surface area contributed by atoms with Gasteiger partial charge in [-0.05, 0) is 49.7 Å². The van der Waals surface area contributed by atoms with Gasteiger partial charge in [0.15, 0.2) is 17.3 Å². The van der Waals surface area contributed by atoms with Crippen LogP contribution in [0.5, 0.6) is 11.5 Å². The molecule has 1 amide bonds. The zero-order valence-corrected chi connectivity index (χ0v) is 14.7. The second kappa shape index (κ2) is 8.20. The number of nitrogens with one attached hydrogen (secondary N) is 1. The first kappa shape index (κ1) is 17.5. The molecule has 2 aromatic carbocycles. The highest BCUT2D eigenvalue weighted by Gasteiger charge is 2.11. The number of furan rings is 1. The minimum atomic E-state index is -0.409. The molecule has 6 heteroatoms. The Morgan fingerprint density at radius 1 is 1.08 bits per heavy atom. The molecule has 0 atom stereocenters. The van der Waals surface area contributed by atoms with Gasteiger partial charge in [-0.1, -0.05) is 18.2 Å². The highest BCUT2D eigenvalue weighted by Crippen LogP contribution is 2.28. The van der Waals surface area contributed by atoms with Crippen molar-refractivity contribution >= 4 is 23.1 Å². The predicted octanol–water partition coefficient (Wildman–Crippen LogP) is 3.99. The lowest BCUT2D eigenvalue weighted by atomic mass is 10.2. The van der Waals surface area contributed by atoms with E-state index >= 15 is 0 Å². The van der Waals surface area contributed by atoms with Gasteiger partial charge in [-0.3, -0.25) is 4.79 Å². The van der Waals surface area contributed by atoms with E-state index in [1.807, 2.05) is 56.3 Å². The van der Waals surface area contributed by atoms with Crippen LogP contribution in [0.2, 0.25) is 0 Å². The number of nitrogens with zero attached hydrogens (tertiary/aromatic N) is 1. The van der Waals surface area contributed by atoms with Crippen LogP contribution < -0.4 is 14.9 Å². The normalized spacial score (nSPS) is 11.0. The number of carbonyl (C=O) groups is 1. The first-order valence-corrected chi connectivity index (χ1v) is 8.43. The lowest BCUT2D eigenvalue weighted by Gasteiger charge is -2.11. The Balaban J connectivity index is 1.69. The Bertz CT molecular complexity index is 897. The monoisotopic (exact) mass is 352 g/mol. The quantitative estimate of drug-likeness (QED) is 0.515. The van der Waals surface area contributed by atoms with Crippen molar-refractivity contribution in [1.82, 2.24) is 5.43 Å². The van der Waals surface area contributed by atoms with Crippen LogP contribution in [0, 0.1) is 0 Å². The summed E-state index contributed by atoms with van der Waals surface area (Å²) in [6.07, 6.45) is 1.54. The predicted molar refractivity (Wildman–Crippen MR) is 100 cm³/mol. The molecule has 1 N–H and O–H groups in total. The molecule has 0 spiro atoms. The van der Waals surface area contributed by atoms with Crippen LogP contribution in [-0.2, 0) is 0 Å². The van der Waals surface area contributed by atoms with Crippen molar-refractivity contribution < 1.29 is 18.7 Å². The Labute approximate surface area is 151 Å². The first-order chi connectivity index (χ1) is 12.7. The molecule has 1 heterocycles. The highest BCUT2D eigenvalue weighted by atomic mass is 16.5. The van der Waals surface area contributed by atoms with E-state index in [4.69, 9.17) is 13.9 Å². The van der Waals surface area contributed by atoms with Crippen LogP contribution in [0.1, 0.15) is 30.0 Å². The second-order valence-corrected chi connectivity index (χ2v) is 5.42. The maximum atomic E-state index is 12.1. The summed E-state index contributed by atoms with van der Waals surface area (Å²) in [4.78, 5) is 12.1. The Morgan fingerprint density at radius 3 is 2.62 bits per heavy atom. The summed E-state index contributed by atoms with van der Waals surface area (Å²) in [6, 6.07) is 14.6. The van der Waals surface area contributed by atoms with Crippen LogP contribution in [0.15, 0.2) is 58.0 Å². The van der Waals surface area contributed by atoms with E-state index < -0.39 is 5.91 Å². The van der Waals surface area contributed by atoms with E-state index in [1.54, 1.807) is 12.3 Å². The van der Waals surface area contributed by atoms with E-state index in [0.29, 0.717) is 30.3 Å². The molecule has 3 aromatic rings. The summed E-state index contributed by atoms with van der Waals surface area (Å²) in [5.41, 5.74) is 3.91. The van der Waals surface area contributed by atoms with E-state index in [9.17, 15) is 4.79 Å². The number of fused-ring (bicyclic) bond motifs is 1. The summed E-state index contributed by atoms with van der Waals surface area (Å²) in [7, 11) is 0. The minimum absolute atomic E-state index is 0.213. The number of carbonyl (C=O) groups excluding carboxylic acids is 1. The molecule has 0 radical (unpaired) electrons. The molecule has 0 aliphatic heterocycles. The number of hydrogen-bond donors (Lipinski definition) is 1. The molecular weight excluding hydrogens is 332 g/mol. The standard InChI is InChI=1S/C20H20N2O4/c1-3-24-17-10-9-14(11-18(17)25-4-2)13-21-22-20(23)19-12-15-7-5-6-8-16(15)26-19/h5-13H,3-4H2,1-2H3,(H,22,23)/b21-13+. The topological polar surface area (TPSA) is 73.1 Å². The molecular formula is C20H20N2O4. The SMILES string of the molecule is CCOc1ccc(/C=N/NC(=O)c2cc3ccccc3o2)cc1OCC. The van der Waals surface area contributed by atoms with Crippen molar-refractivity contribution in [2.45, 2.75) is 13.8 Å². The Morgan fingerprint density at radius 2 is 1.85 bits per heavy atom. The maximum Gasteiger partial charge on any atom is 0.307 e. The first-order valence-electron chi connectivity index (χ1n) is 8.43. The molecule has 0 fully saturated rings. The van der Waals surface area contributed by atoms with Crippen LogP contribution in [-0.4, -0.2) is 25.3 Å². The molecule has 0 saturated carbocycles. The van der Waals surface area contributed by atoms with Crippen LogP contribution >= 0.6 is 0 Å². The van der Waals surface area contributed by atoms with Crippen molar-refractivity contribution in [2.75, 3.05) is 13.2 Å². The lowest BCUT2D eigenvalue weighted by Crippen LogP contribution is -2.16. The molecule has 0 bridgehead atoms. The fourth-order valence-corrected chi connectivity index (χ4v) is 2.46. The highest BCUT2D eigenvalue weighted by molar-refractivity contribution is 5.96. The summed E-state index contributed by atoms with van der Waals surface area (Å²) >= 11 is 0. The molecule has 6 nitrogen and oxygen atoms in total. The third-order valence-electron chi connectivity index (χ3n) is 3.60. The van der Waals surface area contributed by atoms with Gasteiger partial charge in [0.05, 0.1) is 19.4 Å². The van der Waals surface area contributed by atoms with Crippen LogP contribution in [0.4, 0.5) is 0 Å². The van der Waals surface area contributed by atoms with Gasteiger partial charge >= 0.3 is 5.91 Å². The van der Waals surface area contributed by atoms with Gasteiger partial charge < -0.3 is 13.9 Å². The van der Waals surface area contributed by atoms with Crippen molar-refractivity contribution in [3.05, 3.63) is 59.9 Å². The van der Waals surface area contributed by atoms with Crippen molar-refractivity contribution in [3.63, 3.8) is 0 Å². The van der Waals surface area contributed by atoms with Gasteiger partial charge in [-0.25, -0.2) is 5.43 Å². The fraction of sp³-hybridized carbons (Fsp3) is 0.200. The van der Waals surface area contributed by atoms with E-state index in [-0.39, 0.29) is 5.76 Å². The van der Waals surface area contributed by atoms with Gasteiger partial charge in [0.1, 0.15) is 5.58 Å². The lowest BCUT2D eigenvalue weighted by molar-refractivity contribution is 0.0929. The van der Waals surface area contributed by atoms with Crippen LogP contribution in [0.25, 0.3) is 11.0 Å². The van der Waals surface area contributed by atoms with Gasteiger partial charge in [0.25, 0.3) is 0 Å². The third kappa shape index (κ3) is 4.03. The molecule has 0 saturated heterocycles. The minimum Gasteiger partial charge on any atom is -0.490 e. The Kier molecular flexibility index (Phi) is 5.53. The van der Waals surface area contributed by atoms with Gasteiger partial charge in [0, 0.05) is 5.39 Å². The third-order valence-corrected chi connectivity index (χ3v) is 3.60. The van der Waals surface area contributed by atoms with E-state index in [2.05, 4.69) is 10.5 Å². The van der Waals surface area contributed by atoms with Crippen molar-refractivity contribution in [3.8, 4) is 11.5 Å². The van der Waals surface area contributed by atoms with Crippen LogP contribution in [0.3, 0.4) is 0 Å². The average molecular weight is 352 g/mol. The zero-order valence-electron chi connectivity index (χ0n) is 14.7. The fourth-order valence-electron chi connectivity index (χ4n) is 2.46. The number of benzene rings is 2. The van der Waals surface area contributed by atoms with Gasteiger partial charge in [0.2, 0.25) is 0 Å². The maximum absolute atomic E-state index is 12.1. The van der Waals surface area contributed by atoms with Gasteiger partial charge in [-0.2, -0.15) is 5.10 Å². The second-order valence-electron chi connectivity index (χ2n) is 5.42. The number of ether oxygens (including phenoxy) is 2. The molecule has 1 aromatic heterocycles. The van der Waals surface area contributed by atoms with Crippen molar-refractivity contribution in [1.29, 1.82) is 0 Å². The average Bonchev–Trinajstić information content (AvgIpc) is 3.08. The molecule has 134 valence electrons. The smallest absolute Gasteiger partial charge is 0.307 e.